The normalized spacial score (nSPS) is 12.8. The molecule has 3 aromatic rings. The molecule has 1 aromatic heterocycles. The van der Waals surface area contributed by atoms with Gasteiger partial charge < -0.3 is 20.5 Å². The molecule has 0 saturated heterocycles. The summed E-state index contributed by atoms with van der Waals surface area (Å²) in [6.45, 7) is 11.8. The Kier molecular flexibility index (Phi) is 7.94. The number of nitrogens with two attached hydrogens (primary N) is 1. The summed E-state index contributed by atoms with van der Waals surface area (Å²) in [7, 11) is 1.64. The molecule has 0 aliphatic carbocycles. The number of methoxy groups -OCH3 is 1. The first kappa shape index (κ1) is 27.0. The maximum absolute atomic E-state index is 13.8. The molecule has 0 unspecified atom stereocenters. The lowest BCUT2D eigenvalue weighted by molar-refractivity contribution is 0.248. The summed E-state index contributed by atoms with van der Waals surface area (Å²) in [5, 5.41) is 2.58. The number of ether oxygens (including phenoxy) is 2. The highest BCUT2D eigenvalue weighted by molar-refractivity contribution is 5.71. The second-order valence-corrected chi connectivity index (χ2v) is 10.2. The third-order valence-electron chi connectivity index (χ3n) is 6.63. The molecular weight excluding hydrogens is 482 g/mol. The predicted octanol–water partition coefficient (Wildman–Crippen LogP) is 3.74. The SMILES string of the molecule is COc1cc2c(cc1OCC(C)C)-c1c/c(=N\c3c(C)cc(C)cc3C)n(CCNC(N)=O)c(=O)n1CC2. The highest BCUT2D eigenvalue weighted by atomic mass is 16.5. The maximum Gasteiger partial charge on any atom is 0.330 e. The van der Waals surface area contributed by atoms with Gasteiger partial charge in [0.05, 0.1) is 25.1 Å². The van der Waals surface area contributed by atoms with Gasteiger partial charge in [0.2, 0.25) is 0 Å². The lowest BCUT2D eigenvalue weighted by Gasteiger charge is -2.25. The lowest BCUT2D eigenvalue weighted by atomic mass is 9.97. The molecule has 1 aliphatic rings. The minimum absolute atomic E-state index is 0.193. The quantitative estimate of drug-likeness (QED) is 0.472. The van der Waals surface area contributed by atoms with Crippen molar-refractivity contribution in [3.8, 4) is 22.8 Å². The van der Waals surface area contributed by atoms with Crippen molar-refractivity contribution in [3.05, 3.63) is 68.6 Å². The zero-order valence-electron chi connectivity index (χ0n) is 23.1. The largest absolute Gasteiger partial charge is 0.493 e. The number of primary amides is 1. The number of nitrogens with zero attached hydrogens (tertiary/aromatic N) is 3. The number of carbonyl (C=O) groups excluding carboxylic acids is 1. The van der Waals surface area contributed by atoms with Gasteiger partial charge in [-0.05, 0) is 61.9 Å². The Morgan fingerprint density at radius 3 is 2.45 bits per heavy atom. The van der Waals surface area contributed by atoms with Crippen molar-refractivity contribution < 1.29 is 14.3 Å². The van der Waals surface area contributed by atoms with Crippen LogP contribution < -0.4 is 31.7 Å². The van der Waals surface area contributed by atoms with Gasteiger partial charge in [-0.2, -0.15) is 0 Å². The van der Waals surface area contributed by atoms with Crippen LogP contribution in [0.15, 0.2) is 40.1 Å². The van der Waals surface area contributed by atoms with E-state index in [1.165, 1.54) is 0 Å². The van der Waals surface area contributed by atoms with Crippen LogP contribution in [0.1, 0.15) is 36.1 Å². The van der Waals surface area contributed by atoms with Crippen LogP contribution in [0.2, 0.25) is 0 Å². The summed E-state index contributed by atoms with van der Waals surface area (Å²) < 4.78 is 15.1. The van der Waals surface area contributed by atoms with Gasteiger partial charge in [-0.15, -0.1) is 0 Å². The van der Waals surface area contributed by atoms with E-state index in [1.54, 1.807) is 16.2 Å². The van der Waals surface area contributed by atoms with E-state index in [9.17, 15) is 9.59 Å². The Labute approximate surface area is 222 Å². The molecule has 2 amide bonds. The highest BCUT2D eigenvalue weighted by Gasteiger charge is 2.23. The van der Waals surface area contributed by atoms with Crippen LogP contribution in [-0.4, -0.2) is 35.4 Å². The molecule has 0 fully saturated rings. The number of urea groups is 1. The summed E-state index contributed by atoms with van der Waals surface area (Å²) >= 11 is 0. The number of hydrogen-bond donors (Lipinski definition) is 2. The Morgan fingerprint density at radius 2 is 1.82 bits per heavy atom. The van der Waals surface area contributed by atoms with Crippen LogP contribution >= 0.6 is 0 Å². The molecule has 9 nitrogen and oxygen atoms in total. The number of amides is 2. The summed E-state index contributed by atoms with van der Waals surface area (Å²) in [6, 6.07) is 9.44. The Hall–Kier alpha value is -4.01. The number of fused-ring (bicyclic) bond motifs is 3. The smallest absolute Gasteiger partial charge is 0.330 e. The van der Waals surface area contributed by atoms with E-state index in [-0.39, 0.29) is 18.8 Å². The zero-order chi connectivity index (χ0) is 27.6. The Bertz CT molecular complexity index is 1480. The van der Waals surface area contributed by atoms with Crippen molar-refractivity contribution in [2.45, 2.75) is 54.1 Å². The van der Waals surface area contributed by atoms with E-state index >= 15 is 0 Å². The summed E-state index contributed by atoms with van der Waals surface area (Å²) in [5.41, 5.74) is 12.4. The monoisotopic (exact) mass is 519 g/mol. The van der Waals surface area contributed by atoms with Gasteiger partial charge in [0, 0.05) is 31.3 Å². The number of hydrogen-bond acceptors (Lipinski definition) is 5. The van der Waals surface area contributed by atoms with E-state index in [4.69, 9.17) is 20.2 Å². The average molecular weight is 520 g/mol. The van der Waals surface area contributed by atoms with Crippen LogP contribution in [0.25, 0.3) is 11.3 Å². The van der Waals surface area contributed by atoms with Crippen LogP contribution in [-0.2, 0) is 19.5 Å². The van der Waals surface area contributed by atoms with Crippen molar-refractivity contribution in [2.75, 3.05) is 20.3 Å². The molecule has 1 aliphatic heterocycles. The molecule has 9 heteroatoms. The minimum Gasteiger partial charge on any atom is -0.493 e. The maximum atomic E-state index is 13.8. The first-order valence-corrected chi connectivity index (χ1v) is 12.9. The summed E-state index contributed by atoms with van der Waals surface area (Å²) in [5.74, 6) is 1.68. The molecule has 0 radical (unpaired) electrons. The molecular formula is C29H37N5O4. The van der Waals surface area contributed by atoms with Crippen LogP contribution in [0.3, 0.4) is 0 Å². The molecule has 4 rings (SSSR count). The van der Waals surface area contributed by atoms with Gasteiger partial charge in [-0.3, -0.25) is 9.13 Å². The Morgan fingerprint density at radius 1 is 1.11 bits per heavy atom. The molecule has 38 heavy (non-hydrogen) atoms. The number of aryl methyl sites for hydroxylation is 4. The number of carbonyl (C=O) groups is 1. The molecule has 0 saturated carbocycles. The lowest BCUT2D eigenvalue weighted by Crippen LogP contribution is -2.44. The number of nitrogens with one attached hydrogen (secondary N) is 1. The zero-order valence-corrected chi connectivity index (χ0v) is 23.1. The molecule has 202 valence electrons. The van der Waals surface area contributed by atoms with E-state index in [2.05, 4.69) is 38.2 Å². The van der Waals surface area contributed by atoms with Crippen molar-refractivity contribution >= 4 is 11.7 Å². The molecule has 2 heterocycles. The molecule has 2 aromatic carbocycles. The van der Waals surface area contributed by atoms with Gasteiger partial charge >= 0.3 is 11.7 Å². The third-order valence-corrected chi connectivity index (χ3v) is 6.63. The summed E-state index contributed by atoms with van der Waals surface area (Å²) in [4.78, 5) is 30.1. The van der Waals surface area contributed by atoms with E-state index in [0.717, 1.165) is 39.2 Å². The number of benzene rings is 2. The number of rotatable bonds is 8. The second kappa shape index (κ2) is 11.2. The van der Waals surface area contributed by atoms with E-state index in [1.807, 2.05) is 32.0 Å². The van der Waals surface area contributed by atoms with Gasteiger partial charge in [0.1, 0.15) is 5.49 Å². The van der Waals surface area contributed by atoms with Gasteiger partial charge in [0.15, 0.2) is 11.5 Å². The van der Waals surface area contributed by atoms with Crippen molar-refractivity contribution in [1.82, 2.24) is 14.5 Å². The van der Waals surface area contributed by atoms with Gasteiger partial charge in [-0.25, -0.2) is 14.6 Å². The first-order chi connectivity index (χ1) is 18.1. The molecule has 0 spiro atoms. The first-order valence-electron chi connectivity index (χ1n) is 12.9. The van der Waals surface area contributed by atoms with Crippen molar-refractivity contribution in [1.29, 1.82) is 0 Å². The number of aromatic nitrogens is 2. The fraction of sp³-hybridized carbons (Fsp3) is 0.414. The third kappa shape index (κ3) is 5.61. The molecule has 0 atom stereocenters. The summed E-state index contributed by atoms with van der Waals surface area (Å²) in [6.07, 6.45) is 0.676. The van der Waals surface area contributed by atoms with Crippen LogP contribution in [0, 0.1) is 26.7 Å². The standard InChI is InChI=1S/C29H37N5O4/c1-17(2)16-38-25-14-22-21(13-24(25)37-6)7-9-33-23(22)15-26(34(29(33)36)10-8-31-28(30)35)32-27-19(4)11-18(3)12-20(27)5/h11-15,17H,7-10,16H2,1-6H3,(H3,30,31,35)/b32-26+. The predicted molar refractivity (Wildman–Crippen MR) is 148 cm³/mol. The van der Waals surface area contributed by atoms with Gasteiger partial charge in [0.25, 0.3) is 0 Å². The van der Waals surface area contributed by atoms with Crippen molar-refractivity contribution in [3.63, 3.8) is 0 Å². The average Bonchev–Trinajstić information content (AvgIpc) is 2.85. The minimum atomic E-state index is -0.635. The van der Waals surface area contributed by atoms with Crippen LogP contribution in [0.5, 0.6) is 11.5 Å². The molecule has 0 bridgehead atoms. The topological polar surface area (TPSA) is 113 Å². The van der Waals surface area contributed by atoms with E-state index < -0.39 is 6.03 Å². The fourth-order valence-corrected chi connectivity index (χ4v) is 4.93. The van der Waals surface area contributed by atoms with E-state index in [0.29, 0.717) is 42.5 Å². The van der Waals surface area contributed by atoms with Gasteiger partial charge in [-0.1, -0.05) is 31.5 Å². The fourth-order valence-electron chi connectivity index (χ4n) is 4.93. The molecule has 3 N–H and O–H groups in total. The van der Waals surface area contributed by atoms with Crippen molar-refractivity contribution in [2.24, 2.45) is 16.6 Å². The Balaban J connectivity index is 1.94. The highest BCUT2D eigenvalue weighted by Crippen LogP contribution is 2.38. The second-order valence-electron chi connectivity index (χ2n) is 10.2. The van der Waals surface area contributed by atoms with Crippen LogP contribution in [0.4, 0.5) is 10.5 Å².